The number of halogens is 1. The number of aromatic nitrogens is 4. The molecule has 0 bridgehead atoms. The molecule has 6 nitrogen and oxygen atoms in total. The van der Waals surface area contributed by atoms with E-state index in [1.807, 2.05) is 31.2 Å². The topological polar surface area (TPSA) is 72.7 Å². The van der Waals surface area contributed by atoms with Gasteiger partial charge in [0, 0.05) is 39.1 Å². The number of pyridine rings is 1. The second kappa shape index (κ2) is 7.42. The van der Waals surface area contributed by atoms with Gasteiger partial charge < -0.3 is 0 Å². The molecule has 4 aromatic rings. The third-order valence-electron chi connectivity index (χ3n) is 3.91. The van der Waals surface area contributed by atoms with Crippen molar-refractivity contribution < 1.29 is 4.79 Å². The van der Waals surface area contributed by atoms with Crippen molar-refractivity contribution in [3.05, 3.63) is 76.2 Å². The molecule has 27 heavy (non-hydrogen) atoms. The second-order valence-corrected chi connectivity index (χ2v) is 7.88. The Morgan fingerprint density at radius 2 is 2.00 bits per heavy atom. The highest BCUT2D eigenvalue weighted by Crippen LogP contribution is 2.31. The number of carbonyl (C=O) groups excluding carboxylic acids is 1. The molecule has 1 aromatic carbocycles. The average molecular weight is 440 g/mol. The van der Waals surface area contributed by atoms with E-state index >= 15 is 0 Å². The Labute approximate surface area is 168 Å². The van der Waals surface area contributed by atoms with Crippen LogP contribution in [-0.4, -0.2) is 25.4 Å². The zero-order chi connectivity index (χ0) is 18.8. The number of hydrogen-bond acceptors (Lipinski definition) is 5. The van der Waals surface area contributed by atoms with Gasteiger partial charge in [0.15, 0.2) is 5.13 Å². The van der Waals surface area contributed by atoms with Gasteiger partial charge in [-0.3, -0.25) is 14.7 Å². The molecule has 3 heterocycles. The van der Waals surface area contributed by atoms with Crippen LogP contribution >= 0.6 is 27.3 Å². The molecule has 0 aliphatic carbocycles. The molecule has 0 spiro atoms. The average Bonchev–Trinajstić information content (AvgIpc) is 3.33. The molecule has 1 amide bonds. The predicted octanol–water partition coefficient (Wildman–Crippen LogP) is 4.71. The largest absolute Gasteiger partial charge is 0.298 e. The second-order valence-electron chi connectivity index (χ2n) is 5.76. The summed E-state index contributed by atoms with van der Waals surface area (Å²) in [6.07, 6.45) is 6.68. The summed E-state index contributed by atoms with van der Waals surface area (Å²) in [5.74, 6) is 0.404. The van der Waals surface area contributed by atoms with Crippen LogP contribution < -0.4 is 5.32 Å². The van der Waals surface area contributed by atoms with Gasteiger partial charge in [-0.1, -0.05) is 28.1 Å². The number of aryl methyl sites for hydroxylation is 1. The molecule has 0 radical (unpaired) electrons. The van der Waals surface area contributed by atoms with Crippen LogP contribution in [0.4, 0.5) is 5.13 Å². The number of rotatable bonds is 4. The molecule has 1 N–H and O–H groups in total. The Morgan fingerprint density at radius 1 is 1.19 bits per heavy atom. The highest BCUT2D eigenvalue weighted by atomic mass is 79.9. The van der Waals surface area contributed by atoms with E-state index in [-0.39, 0.29) is 5.91 Å². The predicted molar refractivity (Wildman–Crippen MR) is 109 cm³/mol. The van der Waals surface area contributed by atoms with Crippen molar-refractivity contribution in [1.82, 2.24) is 19.5 Å². The minimum atomic E-state index is -0.227. The first-order valence-corrected chi connectivity index (χ1v) is 9.70. The number of nitrogens with zero attached hydrogens (tertiary/aromatic N) is 4. The summed E-state index contributed by atoms with van der Waals surface area (Å²) in [4.78, 5) is 26.5. The standard InChI is InChI=1S/C19H14BrN5OS/c1-12-17(13-2-4-15(20)5-3-13)23-19(27-12)24-18(26)14-6-7-22-16(10-14)25-9-8-21-11-25/h2-11H,1H3,(H,23,24,26). The summed E-state index contributed by atoms with van der Waals surface area (Å²) in [5.41, 5.74) is 2.39. The fourth-order valence-electron chi connectivity index (χ4n) is 2.59. The Kier molecular flexibility index (Phi) is 4.83. The third-order valence-corrected chi connectivity index (χ3v) is 5.33. The van der Waals surface area contributed by atoms with Gasteiger partial charge in [-0.05, 0) is 31.2 Å². The quantitative estimate of drug-likeness (QED) is 0.499. The molecule has 0 saturated carbocycles. The van der Waals surface area contributed by atoms with Gasteiger partial charge in [0.25, 0.3) is 5.91 Å². The van der Waals surface area contributed by atoms with E-state index in [1.54, 1.807) is 41.6 Å². The van der Waals surface area contributed by atoms with Crippen molar-refractivity contribution >= 4 is 38.3 Å². The number of benzene rings is 1. The molecule has 0 aliphatic rings. The Bertz CT molecular complexity index is 1090. The zero-order valence-corrected chi connectivity index (χ0v) is 16.7. The number of amides is 1. The molecule has 0 unspecified atom stereocenters. The van der Waals surface area contributed by atoms with Crippen molar-refractivity contribution in [3.8, 4) is 17.1 Å². The van der Waals surface area contributed by atoms with Crippen LogP contribution in [0.2, 0.25) is 0 Å². The number of thiazole rings is 1. The molecule has 0 saturated heterocycles. The number of imidazole rings is 1. The third kappa shape index (κ3) is 3.81. The lowest BCUT2D eigenvalue weighted by Gasteiger charge is -2.05. The molecular weight excluding hydrogens is 426 g/mol. The Hall–Kier alpha value is -2.84. The lowest BCUT2D eigenvalue weighted by atomic mass is 10.1. The Balaban J connectivity index is 1.56. The van der Waals surface area contributed by atoms with Gasteiger partial charge in [-0.15, -0.1) is 11.3 Å². The van der Waals surface area contributed by atoms with E-state index in [4.69, 9.17) is 0 Å². The maximum atomic E-state index is 12.6. The smallest absolute Gasteiger partial charge is 0.257 e. The molecule has 134 valence electrons. The van der Waals surface area contributed by atoms with Crippen molar-refractivity contribution in [2.75, 3.05) is 5.32 Å². The molecule has 0 fully saturated rings. The maximum Gasteiger partial charge on any atom is 0.257 e. The minimum Gasteiger partial charge on any atom is -0.298 e. The summed E-state index contributed by atoms with van der Waals surface area (Å²) in [7, 11) is 0. The molecule has 4 rings (SSSR count). The molecule has 3 aromatic heterocycles. The monoisotopic (exact) mass is 439 g/mol. The SMILES string of the molecule is Cc1sc(NC(=O)c2ccnc(-n3ccnc3)c2)nc1-c1ccc(Br)cc1. The molecule has 0 atom stereocenters. The van der Waals surface area contributed by atoms with Gasteiger partial charge in [0.1, 0.15) is 12.1 Å². The maximum absolute atomic E-state index is 12.6. The van der Waals surface area contributed by atoms with Gasteiger partial charge >= 0.3 is 0 Å². The van der Waals surface area contributed by atoms with E-state index in [1.165, 1.54) is 11.3 Å². The summed E-state index contributed by atoms with van der Waals surface area (Å²) in [6, 6.07) is 11.3. The first kappa shape index (κ1) is 17.6. The zero-order valence-electron chi connectivity index (χ0n) is 14.3. The van der Waals surface area contributed by atoms with Gasteiger partial charge in [-0.25, -0.2) is 15.0 Å². The van der Waals surface area contributed by atoms with Crippen molar-refractivity contribution in [2.24, 2.45) is 0 Å². The molecule has 8 heteroatoms. The lowest BCUT2D eigenvalue weighted by Crippen LogP contribution is -2.12. The van der Waals surface area contributed by atoms with Gasteiger partial charge in [0.2, 0.25) is 0 Å². The number of hydrogen-bond donors (Lipinski definition) is 1. The summed E-state index contributed by atoms with van der Waals surface area (Å²) >= 11 is 4.89. The van der Waals surface area contributed by atoms with E-state index in [2.05, 4.69) is 36.2 Å². The number of carbonyl (C=O) groups is 1. The van der Waals surface area contributed by atoms with Crippen LogP contribution in [0.3, 0.4) is 0 Å². The normalized spacial score (nSPS) is 10.7. The summed E-state index contributed by atoms with van der Waals surface area (Å²) in [6.45, 7) is 1.99. The first-order chi connectivity index (χ1) is 13.1. The van der Waals surface area contributed by atoms with Gasteiger partial charge in [-0.2, -0.15) is 0 Å². The van der Waals surface area contributed by atoms with Crippen LogP contribution in [0, 0.1) is 6.92 Å². The van der Waals surface area contributed by atoms with E-state index < -0.39 is 0 Å². The highest BCUT2D eigenvalue weighted by molar-refractivity contribution is 9.10. The van der Waals surface area contributed by atoms with Crippen molar-refractivity contribution in [1.29, 1.82) is 0 Å². The Morgan fingerprint density at radius 3 is 2.74 bits per heavy atom. The highest BCUT2D eigenvalue weighted by Gasteiger charge is 2.14. The van der Waals surface area contributed by atoms with Crippen molar-refractivity contribution in [3.63, 3.8) is 0 Å². The van der Waals surface area contributed by atoms with Gasteiger partial charge in [0.05, 0.1) is 5.69 Å². The fourth-order valence-corrected chi connectivity index (χ4v) is 3.69. The summed E-state index contributed by atoms with van der Waals surface area (Å²) in [5, 5.41) is 3.45. The van der Waals surface area contributed by atoms with E-state index in [9.17, 15) is 4.79 Å². The number of anilines is 1. The molecule has 0 aliphatic heterocycles. The van der Waals surface area contributed by atoms with Crippen LogP contribution in [0.15, 0.2) is 65.8 Å². The van der Waals surface area contributed by atoms with Crippen LogP contribution in [-0.2, 0) is 0 Å². The van der Waals surface area contributed by atoms with E-state index in [0.29, 0.717) is 16.5 Å². The van der Waals surface area contributed by atoms with Crippen LogP contribution in [0.5, 0.6) is 0 Å². The fraction of sp³-hybridized carbons (Fsp3) is 0.0526. The summed E-state index contributed by atoms with van der Waals surface area (Å²) < 4.78 is 2.76. The minimum absolute atomic E-state index is 0.227. The van der Waals surface area contributed by atoms with Crippen molar-refractivity contribution in [2.45, 2.75) is 6.92 Å². The van der Waals surface area contributed by atoms with Crippen LogP contribution in [0.25, 0.3) is 17.1 Å². The number of nitrogens with one attached hydrogen (secondary N) is 1. The van der Waals surface area contributed by atoms with Crippen LogP contribution in [0.1, 0.15) is 15.2 Å². The molecular formula is C19H14BrN5OS. The lowest BCUT2D eigenvalue weighted by molar-refractivity contribution is 0.102. The first-order valence-electron chi connectivity index (χ1n) is 8.09. The van der Waals surface area contributed by atoms with E-state index in [0.717, 1.165) is 20.6 Å².